The summed E-state index contributed by atoms with van der Waals surface area (Å²) in [5, 5.41) is 0. The van der Waals surface area contributed by atoms with Crippen LogP contribution >= 0.6 is 27.5 Å². The third-order valence-electron chi connectivity index (χ3n) is 2.21. The van der Waals surface area contributed by atoms with Crippen LogP contribution in [0.15, 0.2) is 46.9 Å². The molecule has 0 N–H and O–H groups in total. The molecule has 0 atom stereocenters. The number of hydrogen-bond donors (Lipinski definition) is 0. The van der Waals surface area contributed by atoms with Gasteiger partial charge in [0.15, 0.2) is 0 Å². The summed E-state index contributed by atoms with van der Waals surface area (Å²) in [6, 6.07) is 11.7. The molecule has 4 heteroatoms. The fraction of sp³-hybridized carbons (Fsp3) is 0.0769. The maximum Gasteiger partial charge on any atom is 0.132 e. The van der Waals surface area contributed by atoms with Crippen LogP contribution in [0.2, 0.25) is 0 Å². The van der Waals surface area contributed by atoms with Crippen LogP contribution in [-0.2, 0) is 5.88 Å². The second-order valence-corrected chi connectivity index (χ2v) is 4.62. The minimum atomic E-state index is -0.316. The number of alkyl halides is 1. The Kier molecular flexibility index (Phi) is 4.02. The molecule has 0 bridgehead atoms. The van der Waals surface area contributed by atoms with E-state index in [0.717, 1.165) is 4.47 Å². The van der Waals surface area contributed by atoms with Crippen LogP contribution in [-0.4, -0.2) is 0 Å². The summed E-state index contributed by atoms with van der Waals surface area (Å²) < 4.78 is 19.6. The molecule has 2 rings (SSSR count). The topological polar surface area (TPSA) is 9.23 Å². The summed E-state index contributed by atoms with van der Waals surface area (Å²) in [5.74, 6) is 1.16. The third-order valence-corrected chi connectivity index (χ3v) is 3.02. The van der Waals surface area contributed by atoms with Crippen molar-refractivity contribution in [1.29, 1.82) is 0 Å². The van der Waals surface area contributed by atoms with E-state index >= 15 is 0 Å². The maximum absolute atomic E-state index is 13.0. The number of hydrogen-bond acceptors (Lipinski definition) is 1. The Hall–Kier alpha value is -1.06. The molecule has 0 fully saturated rings. The highest BCUT2D eigenvalue weighted by Gasteiger charge is 2.05. The summed E-state index contributed by atoms with van der Waals surface area (Å²) in [6.45, 7) is 0. The summed E-state index contributed by atoms with van der Waals surface area (Å²) >= 11 is 9.08. The van der Waals surface area contributed by atoms with Crippen LogP contribution in [0.5, 0.6) is 11.5 Å². The first-order chi connectivity index (χ1) is 8.19. The molecule has 0 unspecified atom stereocenters. The number of halogens is 3. The molecule has 0 saturated heterocycles. The normalized spacial score (nSPS) is 10.3. The summed E-state index contributed by atoms with van der Waals surface area (Å²) in [7, 11) is 0. The van der Waals surface area contributed by atoms with E-state index < -0.39 is 0 Å². The van der Waals surface area contributed by atoms with Crippen LogP contribution in [0.3, 0.4) is 0 Å². The van der Waals surface area contributed by atoms with Gasteiger partial charge in [-0.25, -0.2) is 4.39 Å². The molecule has 0 aliphatic rings. The van der Waals surface area contributed by atoms with Gasteiger partial charge in [0, 0.05) is 10.0 Å². The summed E-state index contributed by atoms with van der Waals surface area (Å²) in [6.07, 6.45) is 0. The van der Waals surface area contributed by atoms with E-state index in [1.165, 1.54) is 12.1 Å². The van der Waals surface area contributed by atoms with Gasteiger partial charge in [-0.05, 0) is 42.5 Å². The highest BCUT2D eigenvalue weighted by atomic mass is 79.9. The van der Waals surface area contributed by atoms with Gasteiger partial charge < -0.3 is 4.74 Å². The zero-order valence-electron chi connectivity index (χ0n) is 8.79. The Morgan fingerprint density at radius 3 is 2.47 bits per heavy atom. The lowest BCUT2D eigenvalue weighted by atomic mass is 10.2. The monoisotopic (exact) mass is 314 g/mol. The number of benzene rings is 2. The highest BCUT2D eigenvalue weighted by Crippen LogP contribution is 2.28. The van der Waals surface area contributed by atoms with E-state index in [9.17, 15) is 4.39 Å². The van der Waals surface area contributed by atoms with Gasteiger partial charge in [0.1, 0.15) is 17.3 Å². The van der Waals surface area contributed by atoms with E-state index in [4.69, 9.17) is 16.3 Å². The molecular weight excluding hydrogens is 306 g/mol. The summed E-state index contributed by atoms with van der Waals surface area (Å²) in [4.78, 5) is 0. The fourth-order valence-electron chi connectivity index (χ4n) is 1.38. The molecule has 2 aromatic carbocycles. The predicted molar refractivity (Wildman–Crippen MR) is 70.2 cm³/mol. The summed E-state index contributed by atoms with van der Waals surface area (Å²) in [5.41, 5.74) is 0.634. The van der Waals surface area contributed by atoms with Gasteiger partial charge in [-0.1, -0.05) is 15.9 Å². The van der Waals surface area contributed by atoms with E-state index in [-0.39, 0.29) is 11.7 Å². The second kappa shape index (κ2) is 5.52. The molecule has 17 heavy (non-hydrogen) atoms. The first-order valence-electron chi connectivity index (χ1n) is 4.97. The first kappa shape index (κ1) is 12.4. The van der Waals surface area contributed by atoms with Crippen molar-refractivity contribution in [1.82, 2.24) is 0 Å². The molecule has 88 valence electrons. The van der Waals surface area contributed by atoms with Crippen LogP contribution < -0.4 is 4.74 Å². The van der Waals surface area contributed by atoms with Gasteiger partial charge >= 0.3 is 0 Å². The van der Waals surface area contributed by atoms with Gasteiger partial charge in [0.25, 0.3) is 0 Å². The van der Waals surface area contributed by atoms with Crippen molar-refractivity contribution in [3.63, 3.8) is 0 Å². The standard InChI is InChI=1S/C13H9BrClFO/c14-10-1-4-12(5-2-10)17-13-6-3-11(16)7-9(13)8-15/h1-7H,8H2. The van der Waals surface area contributed by atoms with Crippen LogP contribution in [0.1, 0.15) is 5.56 Å². The Morgan fingerprint density at radius 2 is 1.82 bits per heavy atom. The Labute approximate surface area is 112 Å². The van der Waals surface area contributed by atoms with Crippen LogP contribution in [0, 0.1) is 5.82 Å². The Bertz CT molecular complexity index is 513. The molecule has 0 saturated carbocycles. The minimum absolute atomic E-state index is 0.212. The molecule has 0 aliphatic carbocycles. The van der Waals surface area contributed by atoms with Crippen molar-refractivity contribution >= 4 is 27.5 Å². The van der Waals surface area contributed by atoms with E-state index in [1.54, 1.807) is 6.07 Å². The molecule has 0 aliphatic heterocycles. The third kappa shape index (κ3) is 3.20. The van der Waals surface area contributed by atoms with Crippen molar-refractivity contribution in [2.24, 2.45) is 0 Å². The Balaban J connectivity index is 2.26. The van der Waals surface area contributed by atoms with Crippen molar-refractivity contribution in [3.05, 3.63) is 58.3 Å². The zero-order chi connectivity index (χ0) is 12.3. The molecule has 0 amide bonds. The smallest absolute Gasteiger partial charge is 0.132 e. The first-order valence-corrected chi connectivity index (χ1v) is 6.29. The van der Waals surface area contributed by atoms with Crippen LogP contribution in [0.25, 0.3) is 0 Å². The van der Waals surface area contributed by atoms with Crippen LogP contribution in [0.4, 0.5) is 4.39 Å². The van der Waals surface area contributed by atoms with E-state index in [1.807, 2.05) is 24.3 Å². The lowest BCUT2D eigenvalue weighted by Crippen LogP contribution is -1.90. The second-order valence-electron chi connectivity index (χ2n) is 3.44. The van der Waals surface area contributed by atoms with Gasteiger partial charge in [-0.3, -0.25) is 0 Å². The van der Waals surface area contributed by atoms with Crippen molar-refractivity contribution in [2.75, 3.05) is 0 Å². The molecule has 0 spiro atoms. The number of rotatable bonds is 3. The average molecular weight is 316 g/mol. The quantitative estimate of drug-likeness (QED) is 0.714. The van der Waals surface area contributed by atoms with Gasteiger partial charge in [-0.15, -0.1) is 11.6 Å². The predicted octanol–water partition coefficient (Wildman–Crippen LogP) is 5.12. The lowest BCUT2D eigenvalue weighted by Gasteiger charge is -2.09. The molecule has 0 aromatic heterocycles. The minimum Gasteiger partial charge on any atom is -0.457 e. The SMILES string of the molecule is Fc1ccc(Oc2ccc(Br)cc2)c(CCl)c1. The molecule has 1 nitrogen and oxygen atoms in total. The molecule has 0 radical (unpaired) electrons. The fourth-order valence-corrected chi connectivity index (χ4v) is 1.85. The van der Waals surface area contributed by atoms with Gasteiger partial charge in [0.05, 0.1) is 5.88 Å². The van der Waals surface area contributed by atoms with Crippen molar-refractivity contribution in [2.45, 2.75) is 5.88 Å². The zero-order valence-corrected chi connectivity index (χ0v) is 11.1. The van der Waals surface area contributed by atoms with E-state index in [2.05, 4.69) is 15.9 Å². The molecule has 0 heterocycles. The lowest BCUT2D eigenvalue weighted by molar-refractivity contribution is 0.476. The van der Waals surface area contributed by atoms with Crippen molar-refractivity contribution in [3.8, 4) is 11.5 Å². The van der Waals surface area contributed by atoms with E-state index in [0.29, 0.717) is 17.1 Å². The highest BCUT2D eigenvalue weighted by molar-refractivity contribution is 9.10. The molecule has 2 aromatic rings. The van der Waals surface area contributed by atoms with Gasteiger partial charge in [-0.2, -0.15) is 0 Å². The average Bonchev–Trinajstić information content (AvgIpc) is 2.34. The van der Waals surface area contributed by atoms with Crippen molar-refractivity contribution < 1.29 is 9.13 Å². The maximum atomic E-state index is 13.0. The van der Waals surface area contributed by atoms with Gasteiger partial charge in [0.2, 0.25) is 0 Å². The Morgan fingerprint density at radius 1 is 1.12 bits per heavy atom. The number of ether oxygens (including phenoxy) is 1. The largest absolute Gasteiger partial charge is 0.457 e. The molecular formula is C13H9BrClFO.